The molecule has 4 heterocycles. The number of halogens is 2. The van der Waals surface area contributed by atoms with E-state index in [-0.39, 0.29) is 43.3 Å². The molecule has 0 bridgehead atoms. The zero-order valence-corrected chi connectivity index (χ0v) is 33.3. The number of hydrogen-bond donors (Lipinski definition) is 1. The lowest BCUT2D eigenvalue weighted by Crippen LogP contribution is -2.48. The maximum Gasteiger partial charge on any atom is 0.242 e. The van der Waals surface area contributed by atoms with Gasteiger partial charge in [0.1, 0.15) is 23.9 Å². The van der Waals surface area contributed by atoms with Gasteiger partial charge in [-0.2, -0.15) is 5.10 Å². The number of rotatable bonds is 7. The first-order valence-corrected chi connectivity index (χ1v) is 20.2. The summed E-state index contributed by atoms with van der Waals surface area (Å²) in [6.07, 6.45) is 2.63. The molecule has 55 heavy (non-hydrogen) atoms. The van der Waals surface area contributed by atoms with Gasteiger partial charge in [-0.15, -0.1) is 11.3 Å². The van der Waals surface area contributed by atoms with Gasteiger partial charge < -0.3 is 9.84 Å². The van der Waals surface area contributed by atoms with Crippen LogP contribution >= 0.6 is 38.9 Å². The highest BCUT2D eigenvalue weighted by atomic mass is 79.9. The fraction of sp³-hybridized carbons (Fsp3) is 0.310. The molecule has 2 aliphatic heterocycles. The predicted octanol–water partition coefficient (Wildman–Crippen LogP) is 7.83. The van der Waals surface area contributed by atoms with Crippen molar-refractivity contribution in [3.8, 4) is 16.3 Å². The summed E-state index contributed by atoms with van der Waals surface area (Å²) in [4.78, 5) is 61.9. The average Bonchev–Trinajstić information content (AvgIpc) is 3.84. The molecule has 6 atom stereocenters. The van der Waals surface area contributed by atoms with E-state index in [2.05, 4.69) is 15.9 Å². The van der Waals surface area contributed by atoms with E-state index in [9.17, 15) is 19.5 Å². The second-order valence-electron chi connectivity index (χ2n) is 15.0. The first kappa shape index (κ1) is 36.0. The maximum absolute atomic E-state index is 15.1. The highest BCUT2D eigenvalue weighted by Crippen LogP contribution is 2.64. The lowest BCUT2D eigenvalue weighted by atomic mass is 9.51. The molecule has 2 saturated heterocycles. The summed E-state index contributed by atoms with van der Waals surface area (Å²) >= 11 is 11.3. The number of benzene rings is 3. The van der Waals surface area contributed by atoms with Gasteiger partial charge in [0.2, 0.25) is 23.6 Å². The van der Waals surface area contributed by atoms with Crippen LogP contribution in [-0.2, 0) is 26.2 Å². The Morgan fingerprint density at radius 1 is 0.964 bits per heavy atom. The molecule has 1 N–H and O–H groups in total. The zero-order valence-electron chi connectivity index (χ0n) is 30.2. The number of aromatic nitrogens is 2. The average molecular weight is 840 g/mol. The van der Waals surface area contributed by atoms with Gasteiger partial charge in [-0.3, -0.25) is 28.8 Å². The molecule has 10 nitrogen and oxygen atoms in total. The van der Waals surface area contributed by atoms with Gasteiger partial charge in [-0.1, -0.05) is 51.3 Å². The van der Waals surface area contributed by atoms with Crippen molar-refractivity contribution in [3.05, 3.63) is 105 Å². The third-order valence-electron chi connectivity index (χ3n) is 12.1. The Bertz CT molecular complexity index is 2480. The van der Waals surface area contributed by atoms with Crippen molar-refractivity contribution in [1.82, 2.24) is 9.78 Å². The SMILES string of the molecule is Cc1c(-c2cc(N3C(=O)[C@@H]4C[C@@H]5C(=CC[C@@H]6C(=O)N(c7ccc(Br)cc7)C(=O)[C@@H]65)[C@H](c5ccc(OCCO)cc5)[C@]4(C)C3=O)n(C)n2)sc2ccc(Cl)cc12. The fourth-order valence-corrected chi connectivity index (χ4v) is 11.2. The van der Waals surface area contributed by atoms with Crippen LogP contribution < -0.4 is 14.5 Å². The quantitative estimate of drug-likeness (QED) is 0.131. The number of aliphatic hydroxyl groups is 1. The minimum Gasteiger partial charge on any atom is -0.491 e. The van der Waals surface area contributed by atoms with Crippen molar-refractivity contribution in [2.45, 2.75) is 32.6 Å². The smallest absolute Gasteiger partial charge is 0.242 e. The third kappa shape index (κ3) is 5.39. The number of fused-ring (bicyclic) bond motifs is 5. The molecular formula is C42H36BrClN4O6S. The van der Waals surface area contributed by atoms with Crippen LogP contribution in [0.15, 0.2) is 88.9 Å². The number of aliphatic hydroxyl groups excluding tert-OH is 1. The number of carbonyl (C=O) groups is 4. The Hall–Kier alpha value is -4.62. The number of ether oxygens (including phenoxy) is 1. The van der Waals surface area contributed by atoms with Crippen molar-refractivity contribution in [2.75, 3.05) is 23.0 Å². The predicted molar refractivity (Wildman–Crippen MR) is 214 cm³/mol. The number of imide groups is 2. The Morgan fingerprint density at radius 2 is 1.71 bits per heavy atom. The number of amides is 4. The van der Waals surface area contributed by atoms with E-state index in [1.807, 2.05) is 50.3 Å². The second-order valence-corrected chi connectivity index (χ2v) is 17.4. The monoisotopic (exact) mass is 838 g/mol. The van der Waals surface area contributed by atoms with E-state index in [0.29, 0.717) is 34.4 Å². The number of allylic oxidation sites excluding steroid dienone is 2. The van der Waals surface area contributed by atoms with Crippen molar-refractivity contribution in [2.24, 2.45) is 36.1 Å². The summed E-state index contributed by atoms with van der Waals surface area (Å²) in [5, 5.41) is 15.8. The van der Waals surface area contributed by atoms with Crippen molar-refractivity contribution in [1.29, 1.82) is 0 Å². The summed E-state index contributed by atoms with van der Waals surface area (Å²) in [6.45, 7) is 3.88. The van der Waals surface area contributed by atoms with Crippen LogP contribution in [0.1, 0.15) is 36.8 Å². The lowest BCUT2D eigenvalue weighted by molar-refractivity contribution is -0.131. The van der Waals surface area contributed by atoms with Gasteiger partial charge in [0, 0.05) is 33.2 Å². The summed E-state index contributed by atoms with van der Waals surface area (Å²) in [7, 11) is 1.73. The van der Waals surface area contributed by atoms with Crippen molar-refractivity contribution >= 4 is 84.1 Å². The minimum atomic E-state index is -1.22. The number of anilines is 2. The van der Waals surface area contributed by atoms with E-state index in [1.54, 1.807) is 65.5 Å². The van der Waals surface area contributed by atoms with Crippen LogP contribution in [0.25, 0.3) is 20.7 Å². The first-order valence-electron chi connectivity index (χ1n) is 18.2. The summed E-state index contributed by atoms with van der Waals surface area (Å²) in [5.41, 5.74) is 2.64. The van der Waals surface area contributed by atoms with Crippen LogP contribution in [0.4, 0.5) is 11.5 Å². The van der Waals surface area contributed by atoms with Crippen LogP contribution in [0.5, 0.6) is 5.75 Å². The normalized spacial score (nSPS) is 26.1. The second kappa shape index (κ2) is 13.3. The van der Waals surface area contributed by atoms with Gasteiger partial charge in [0.05, 0.1) is 40.3 Å². The molecule has 9 rings (SSSR count). The molecular weight excluding hydrogens is 804 g/mol. The zero-order chi connectivity index (χ0) is 38.5. The van der Waals surface area contributed by atoms with Crippen LogP contribution in [0.3, 0.4) is 0 Å². The molecule has 0 radical (unpaired) electrons. The number of hydrogen-bond acceptors (Lipinski definition) is 8. The Kier molecular flexibility index (Phi) is 8.69. The van der Waals surface area contributed by atoms with Crippen LogP contribution in [0, 0.1) is 36.0 Å². The summed E-state index contributed by atoms with van der Waals surface area (Å²) in [6, 6.07) is 22.1. The highest BCUT2D eigenvalue weighted by Gasteiger charge is 2.68. The largest absolute Gasteiger partial charge is 0.491 e. The summed E-state index contributed by atoms with van der Waals surface area (Å²) in [5.74, 6) is -3.36. The van der Waals surface area contributed by atoms with Gasteiger partial charge in [-0.25, -0.2) is 4.90 Å². The first-order chi connectivity index (χ1) is 26.4. The van der Waals surface area contributed by atoms with Gasteiger partial charge in [0.15, 0.2) is 0 Å². The molecule has 0 spiro atoms. The molecule has 0 unspecified atom stereocenters. The molecule has 13 heteroatoms. The molecule has 4 aliphatic rings. The highest BCUT2D eigenvalue weighted by molar-refractivity contribution is 9.10. The Balaban J connectivity index is 1.14. The van der Waals surface area contributed by atoms with E-state index in [4.69, 9.17) is 21.4 Å². The van der Waals surface area contributed by atoms with E-state index in [1.165, 1.54) is 9.80 Å². The standard InChI is InChI=1S/C42H36BrClN4O6S/c1-21-29-18-24(44)8-15-33(29)55-37(21)32-20-34(46(3)45-32)48-39(51)31-19-30-27(36(42(31,2)41(48)53)22-4-11-26(12-5-22)54-17-16-49)13-14-28-35(30)40(52)47(38(28)50)25-9-6-23(43)7-10-25/h4-13,15,18,20,28,30-31,35-36,49H,14,16-17,19H2,1-3H3/t28-,30+,31-,35-,36-,42+/m0/s1. The molecule has 2 aliphatic carbocycles. The minimum absolute atomic E-state index is 0.132. The molecule has 1 saturated carbocycles. The van der Waals surface area contributed by atoms with Crippen LogP contribution in [0.2, 0.25) is 5.02 Å². The number of aryl methyl sites for hydroxylation is 2. The Labute approximate surface area is 334 Å². The fourth-order valence-electron chi connectivity index (χ4n) is 9.59. The molecule has 3 fully saturated rings. The number of carbonyl (C=O) groups excluding carboxylic acids is 4. The maximum atomic E-state index is 15.1. The van der Waals surface area contributed by atoms with Crippen molar-refractivity contribution < 1.29 is 29.0 Å². The van der Waals surface area contributed by atoms with Crippen LogP contribution in [-0.4, -0.2) is 51.7 Å². The van der Waals surface area contributed by atoms with Gasteiger partial charge in [-0.05, 0) is 104 Å². The number of thiophene rings is 1. The van der Waals surface area contributed by atoms with Gasteiger partial charge >= 0.3 is 0 Å². The lowest BCUT2D eigenvalue weighted by Gasteiger charge is -2.49. The molecule has 3 aromatic carbocycles. The molecule has 280 valence electrons. The number of nitrogens with zero attached hydrogens (tertiary/aromatic N) is 4. The molecule has 2 aromatic heterocycles. The topological polar surface area (TPSA) is 122 Å². The van der Waals surface area contributed by atoms with Gasteiger partial charge in [0.25, 0.3) is 0 Å². The van der Waals surface area contributed by atoms with E-state index in [0.717, 1.165) is 36.1 Å². The third-order valence-corrected chi connectivity index (χ3v) is 14.2. The molecule has 5 aromatic rings. The van der Waals surface area contributed by atoms with E-state index >= 15 is 4.79 Å². The molecule has 4 amide bonds. The Morgan fingerprint density at radius 3 is 2.44 bits per heavy atom. The summed E-state index contributed by atoms with van der Waals surface area (Å²) < 4.78 is 9.13. The van der Waals surface area contributed by atoms with E-state index < -0.39 is 35.0 Å². The van der Waals surface area contributed by atoms with Crippen molar-refractivity contribution in [3.63, 3.8) is 0 Å².